The van der Waals surface area contributed by atoms with Gasteiger partial charge in [0.25, 0.3) is 11.8 Å². The van der Waals surface area contributed by atoms with Crippen LogP contribution in [0.15, 0.2) is 47.1 Å². The number of likely N-dealkylation sites (N-methyl/N-ethyl adjacent to an activating group) is 1. The lowest BCUT2D eigenvalue weighted by atomic mass is 10.3. The Morgan fingerprint density at radius 1 is 1.11 bits per heavy atom. The summed E-state index contributed by atoms with van der Waals surface area (Å²) in [5.74, 6) is 0.470. The number of amides is 4. The average Bonchev–Trinajstić information content (AvgIpc) is 3.13. The fraction of sp³-hybridized carbons (Fsp3) is 0.278. The van der Waals surface area contributed by atoms with Gasteiger partial charge < -0.3 is 24.7 Å². The fourth-order valence-electron chi connectivity index (χ4n) is 2.31. The van der Waals surface area contributed by atoms with Crippen molar-refractivity contribution in [2.45, 2.75) is 6.54 Å². The van der Waals surface area contributed by atoms with E-state index in [9.17, 15) is 14.4 Å². The molecule has 0 aliphatic carbocycles. The van der Waals surface area contributed by atoms with Gasteiger partial charge in [0.15, 0.2) is 13.1 Å². The van der Waals surface area contributed by atoms with Gasteiger partial charge in [0.1, 0.15) is 11.5 Å². The second-order valence-electron chi connectivity index (χ2n) is 5.90. The number of anilines is 1. The zero-order valence-corrected chi connectivity index (χ0v) is 15.2. The molecular weight excluding hydrogens is 352 g/mol. The molecule has 144 valence electrons. The van der Waals surface area contributed by atoms with Crippen LogP contribution in [0.4, 0.5) is 10.5 Å². The maximum Gasteiger partial charge on any atom is 0.321 e. The molecular formula is C18H23N4O5+. The number of furan rings is 1. The van der Waals surface area contributed by atoms with E-state index in [1.807, 2.05) is 0 Å². The number of rotatable bonds is 8. The highest BCUT2D eigenvalue weighted by Crippen LogP contribution is 2.16. The Hall–Kier alpha value is -3.33. The second-order valence-corrected chi connectivity index (χ2v) is 5.90. The summed E-state index contributed by atoms with van der Waals surface area (Å²) >= 11 is 0. The van der Waals surface area contributed by atoms with Gasteiger partial charge in [-0.05, 0) is 24.3 Å². The van der Waals surface area contributed by atoms with Gasteiger partial charge in [0.2, 0.25) is 0 Å². The van der Waals surface area contributed by atoms with Crippen LogP contribution in [-0.2, 0) is 16.1 Å². The van der Waals surface area contributed by atoms with Crippen LogP contribution in [0.2, 0.25) is 0 Å². The van der Waals surface area contributed by atoms with Crippen LogP contribution >= 0.6 is 0 Å². The largest absolute Gasteiger partial charge is 0.497 e. The van der Waals surface area contributed by atoms with E-state index in [4.69, 9.17) is 9.15 Å². The molecule has 2 aromatic rings. The van der Waals surface area contributed by atoms with Crippen molar-refractivity contribution in [1.82, 2.24) is 10.6 Å². The first-order valence-corrected chi connectivity index (χ1v) is 8.31. The molecule has 1 aromatic carbocycles. The molecule has 0 bridgehead atoms. The molecule has 2 rings (SSSR count). The van der Waals surface area contributed by atoms with Crippen LogP contribution in [-0.4, -0.2) is 45.1 Å². The summed E-state index contributed by atoms with van der Waals surface area (Å²) in [6, 6.07) is 9.77. The lowest BCUT2D eigenvalue weighted by Gasteiger charge is -2.14. The summed E-state index contributed by atoms with van der Waals surface area (Å²) in [6.45, 7) is 0.218. The minimum Gasteiger partial charge on any atom is -0.497 e. The topological polar surface area (TPSA) is 114 Å². The first-order valence-electron chi connectivity index (χ1n) is 8.31. The van der Waals surface area contributed by atoms with E-state index in [1.165, 1.54) is 6.26 Å². The number of methoxy groups -OCH3 is 1. The van der Waals surface area contributed by atoms with Crippen LogP contribution in [0.1, 0.15) is 5.76 Å². The second kappa shape index (κ2) is 9.97. The number of urea groups is 1. The fourth-order valence-corrected chi connectivity index (χ4v) is 2.31. The first-order chi connectivity index (χ1) is 13.0. The summed E-state index contributed by atoms with van der Waals surface area (Å²) < 4.78 is 10.2. The standard InChI is InChI=1S/C18H22N4O5/c1-22(11-16(23)20-13-5-3-6-14(9-13)26-2)12-17(24)21-18(25)19-10-15-7-4-8-27-15/h3-9H,10-12H2,1-2H3,(H,20,23)(H2,19,21,24,25)/p+1. The summed E-state index contributed by atoms with van der Waals surface area (Å²) in [6.07, 6.45) is 1.50. The summed E-state index contributed by atoms with van der Waals surface area (Å²) in [4.78, 5) is 36.3. The molecule has 1 heterocycles. The van der Waals surface area contributed by atoms with Crippen molar-refractivity contribution in [3.63, 3.8) is 0 Å². The molecule has 0 spiro atoms. The van der Waals surface area contributed by atoms with Gasteiger partial charge in [-0.1, -0.05) is 6.07 Å². The molecule has 1 aromatic heterocycles. The quantitative estimate of drug-likeness (QED) is 0.509. The van der Waals surface area contributed by atoms with Gasteiger partial charge >= 0.3 is 6.03 Å². The molecule has 27 heavy (non-hydrogen) atoms. The van der Waals surface area contributed by atoms with Crippen molar-refractivity contribution in [2.24, 2.45) is 0 Å². The van der Waals surface area contributed by atoms with E-state index >= 15 is 0 Å². The third kappa shape index (κ3) is 7.20. The zero-order valence-electron chi connectivity index (χ0n) is 15.2. The Kier molecular flexibility index (Phi) is 7.38. The number of nitrogens with one attached hydrogen (secondary N) is 4. The van der Waals surface area contributed by atoms with E-state index in [2.05, 4.69) is 16.0 Å². The molecule has 1 atom stereocenters. The molecule has 4 N–H and O–H groups in total. The number of carbonyl (C=O) groups is 3. The number of hydrogen-bond acceptors (Lipinski definition) is 5. The molecule has 9 heteroatoms. The van der Waals surface area contributed by atoms with E-state index in [1.54, 1.807) is 50.6 Å². The normalized spacial score (nSPS) is 11.3. The minimum atomic E-state index is -0.620. The maximum atomic E-state index is 12.1. The van der Waals surface area contributed by atoms with Crippen molar-refractivity contribution in [2.75, 3.05) is 32.6 Å². The predicted molar refractivity (Wildman–Crippen MR) is 97.3 cm³/mol. The van der Waals surface area contributed by atoms with Gasteiger partial charge in [0.05, 0.1) is 27.0 Å². The molecule has 0 radical (unpaired) electrons. The lowest BCUT2D eigenvalue weighted by Crippen LogP contribution is -3.11. The van der Waals surface area contributed by atoms with Gasteiger partial charge in [-0.2, -0.15) is 0 Å². The number of quaternary nitrogens is 1. The number of hydrogen-bond donors (Lipinski definition) is 4. The SMILES string of the molecule is COc1cccc(NC(=O)C[NH+](C)CC(=O)NC(=O)NCc2ccco2)c1. The number of ether oxygens (including phenoxy) is 1. The maximum absolute atomic E-state index is 12.1. The van der Waals surface area contributed by atoms with Crippen LogP contribution < -0.4 is 25.6 Å². The lowest BCUT2D eigenvalue weighted by molar-refractivity contribution is -0.862. The molecule has 0 aliphatic rings. The van der Waals surface area contributed by atoms with Crippen molar-refractivity contribution in [1.29, 1.82) is 0 Å². The van der Waals surface area contributed by atoms with Crippen molar-refractivity contribution in [3.05, 3.63) is 48.4 Å². The Morgan fingerprint density at radius 3 is 2.59 bits per heavy atom. The number of benzene rings is 1. The van der Waals surface area contributed by atoms with Crippen molar-refractivity contribution in [3.8, 4) is 5.75 Å². The molecule has 4 amide bonds. The molecule has 0 saturated heterocycles. The van der Waals surface area contributed by atoms with E-state index in [0.29, 0.717) is 22.1 Å². The monoisotopic (exact) mass is 375 g/mol. The van der Waals surface area contributed by atoms with Crippen molar-refractivity contribution < 1.29 is 28.4 Å². The van der Waals surface area contributed by atoms with Crippen LogP contribution in [0.5, 0.6) is 5.75 Å². The molecule has 0 saturated carbocycles. The number of carbonyl (C=O) groups excluding carboxylic acids is 3. The Balaban J connectivity index is 1.70. The molecule has 9 nitrogen and oxygen atoms in total. The van der Waals surface area contributed by atoms with Crippen molar-refractivity contribution >= 4 is 23.5 Å². The highest BCUT2D eigenvalue weighted by atomic mass is 16.5. The van der Waals surface area contributed by atoms with Crippen LogP contribution in [0.25, 0.3) is 0 Å². The zero-order chi connectivity index (χ0) is 19.6. The van der Waals surface area contributed by atoms with E-state index < -0.39 is 11.9 Å². The van der Waals surface area contributed by atoms with Crippen LogP contribution in [0, 0.1) is 0 Å². The Labute approximate surface area is 156 Å². The Bertz CT molecular complexity index is 776. The highest BCUT2D eigenvalue weighted by Gasteiger charge is 2.16. The molecule has 0 aliphatic heterocycles. The van der Waals surface area contributed by atoms with Gasteiger partial charge in [-0.3, -0.25) is 14.9 Å². The predicted octanol–water partition coefficient (Wildman–Crippen LogP) is -0.233. The summed E-state index contributed by atoms with van der Waals surface area (Å²) in [7, 11) is 3.23. The molecule has 1 unspecified atom stereocenters. The van der Waals surface area contributed by atoms with Gasteiger partial charge in [0, 0.05) is 11.8 Å². The van der Waals surface area contributed by atoms with Gasteiger partial charge in [-0.25, -0.2) is 4.79 Å². The third-order valence-corrected chi connectivity index (χ3v) is 3.53. The minimum absolute atomic E-state index is 0.0281. The summed E-state index contributed by atoms with van der Waals surface area (Å²) in [5, 5.41) is 7.46. The average molecular weight is 375 g/mol. The molecule has 0 fully saturated rings. The first kappa shape index (κ1) is 20.0. The Morgan fingerprint density at radius 2 is 1.89 bits per heavy atom. The summed E-state index contributed by atoms with van der Waals surface area (Å²) in [5.41, 5.74) is 0.605. The third-order valence-electron chi connectivity index (χ3n) is 3.53. The van der Waals surface area contributed by atoms with E-state index in [0.717, 1.165) is 0 Å². The number of imide groups is 1. The highest BCUT2D eigenvalue weighted by molar-refractivity contribution is 5.95. The van der Waals surface area contributed by atoms with Gasteiger partial charge in [-0.15, -0.1) is 0 Å². The van der Waals surface area contributed by atoms with Crippen LogP contribution in [0.3, 0.4) is 0 Å². The smallest absolute Gasteiger partial charge is 0.321 e. The van der Waals surface area contributed by atoms with E-state index in [-0.39, 0.29) is 25.5 Å².